The van der Waals surface area contributed by atoms with Crippen molar-refractivity contribution in [3.8, 4) is 0 Å². The second-order valence-electron chi connectivity index (χ2n) is 5.24. The third-order valence-corrected chi connectivity index (χ3v) is 2.83. The first kappa shape index (κ1) is 21.9. The summed E-state index contributed by atoms with van der Waals surface area (Å²) in [5.74, 6) is -1.59. The molecule has 0 N–H and O–H groups in total. The first-order valence-electron chi connectivity index (χ1n) is 7.81. The van der Waals surface area contributed by atoms with Gasteiger partial charge >= 0.3 is 12.2 Å². The Labute approximate surface area is 135 Å². The molecule has 0 aromatic carbocycles. The lowest BCUT2D eigenvalue weighted by molar-refractivity contribution is 0.0419. The van der Waals surface area contributed by atoms with Crippen LogP contribution in [0.1, 0.15) is 53.4 Å². The maximum atomic E-state index is 12.9. The van der Waals surface area contributed by atoms with E-state index in [1.807, 2.05) is 13.8 Å². The molecule has 0 saturated carbocycles. The monoisotopic (exact) mass is 342 g/mol. The van der Waals surface area contributed by atoms with Crippen molar-refractivity contribution >= 4 is 0 Å². The lowest BCUT2D eigenvalue weighted by Crippen LogP contribution is -2.14. The lowest BCUT2D eigenvalue weighted by atomic mass is 10.2. The molecule has 0 aliphatic carbocycles. The summed E-state index contributed by atoms with van der Waals surface area (Å²) in [5, 5.41) is 0. The van der Waals surface area contributed by atoms with E-state index < -0.39 is 35.9 Å². The van der Waals surface area contributed by atoms with Crippen LogP contribution in [0.15, 0.2) is 23.7 Å². The molecule has 7 heteroatoms. The van der Waals surface area contributed by atoms with Crippen molar-refractivity contribution in [2.24, 2.45) is 0 Å². The van der Waals surface area contributed by atoms with Crippen molar-refractivity contribution < 1.29 is 31.8 Å². The molecule has 136 valence electrons. The Bertz CT molecular complexity index is 353. The first-order valence-corrected chi connectivity index (χ1v) is 7.81. The van der Waals surface area contributed by atoms with Gasteiger partial charge in [-0.2, -0.15) is 17.6 Å². The van der Waals surface area contributed by atoms with Crippen molar-refractivity contribution in [1.29, 1.82) is 0 Å². The topological polar surface area (TPSA) is 27.7 Å². The van der Waals surface area contributed by atoms with Gasteiger partial charge in [0.2, 0.25) is 0 Å². The molecule has 0 amide bonds. The van der Waals surface area contributed by atoms with Crippen molar-refractivity contribution in [2.75, 3.05) is 13.2 Å². The van der Waals surface area contributed by atoms with E-state index in [0.29, 0.717) is 13.2 Å². The highest BCUT2D eigenvalue weighted by molar-refractivity contribution is 5.04. The minimum atomic E-state index is -2.13. The van der Waals surface area contributed by atoms with Gasteiger partial charge in [0.1, 0.15) is 0 Å². The molecule has 0 aromatic rings. The fraction of sp³-hybridized carbons (Fsp3) is 0.750. The maximum Gasteiger partial charge on any atom is 0.308 e. The van der Waals surface area contributed by atoms with Crippen LogP contribution in [0.5, 0.6) is 0 Å². The maximum absolute atomic E-state index is 12.9. The zero-order valence-corrected chi connectivity index (χ0v) is 14.1. The van der Waals surface area contributed by atoms with E-state index in [0.717, 1.165) is 12.8 Å². The molecule has 0 spiro atoms. The highest BCUT2D eigenvalue weighted by Crippen LogP contribution is 2.26. The Morgan fingerprint density at radius 1 is 0.739 bits per heavy atom. The molecule has 23 heavy (non-hydrogen) atoms. The number of halogens is 4. The van der Waals surface area contributed by atoms with E-state index in [-0.39, 0.29) is 12.8 Å². The molecule has 2 unspecified atom stereocenters. The molecule has 0 aromatic heterocycles. The molecule has 0 fully saturated rings. The Balaban J connectivity index is 4.81. The van der Waals surface area contributed by atoms with E-state index >= 15 is 0 Å². The van der Waals surface area contributed by atoms with Crippen LogP contribution in [0.3, 0.4) is 0 Å². The SMILES string of the molecule is CCCOC(C)CC(OC(CC(C)OCCC)=C(F)F)=C(F)F. The van der Waals surface area contributed by atoms with Crippen LogP contribution >= 0.6 is 0 Å². The van der Waals surface area contributed by atoms with Gasteiger partial charge < -0.3 is 14.2 Å². The summed E-state index contributed by atoms with van der Waals surface area (Å²) in [6.45, 7) is 7.75. The lowest BCUT2D eigenvalue weighted by Gasteiger charge is -2.18. The standard InChI is InChI=1S/C16H26F4O3/c1-5-7-21-11(3)9-13(15(17)18)23-14(16(19)20)10-12(4)22-8-6-2/h11-12H,5-10H2,1-4H3. The van der Waals surface area contributed by atoms with Gasteiger partial charge in [-0.3, -0.25) is 0 Å². The minimum Gasteiger partial charge on any atom is -0.455 e. The second kappa shape index (κ2) is 12.4. The van der Waals surface area contributed by atoms with E-state index in [2.05, 4.69) is 0 Å². The molecular formula is C16H26F4O3. The molecule has 0 aliphatic heterocycles. The highest BCUT2D eigenvalue weighted by atomic mass is 19.3. The summed E-state index contributed by atoms with van der Waals surface area (Å²) >= 11 is 0. The van der Waals surface area contributed by atoms with Crippen LogP contribution in [0.25, 0.3) is 0 Å². The summed E-state index contributed by atoms with van der Waals surface area (Å²) in [7, 11) is 0. The fourth-order valence-corrected chi connectivity index (χ4v) is 1.74. The zero-order valence-electron chi connectivity index (χ0n) is 14.1. The average molecular weight is 342 g/mol. The average Bonchev–Trinajstić information content (AvgIpc) is 2.48. The molecule has 0 rings (SSSR count). The summed E-state index contributed by atoms with van der Waals surface area (Å²) in [4.78, 5) is 0. The van der Waals surface area contributed by atoms with Gasteiger partial charge in [0.25, 0.3) is 0 Å². The van der Waals surface area contributed by atoms with Crippen molar-refractivity contribution in [2.45, 2.75) is 65.6 Å². The Kier molecular flexibility index (Phi) is 11.8. The van der Waals surface area contributed by atoms with Crippen molar-refractivity contribution in [3.63, 3.8) is 0 Å². The molecule has 3 nitrogen and oxygen atoms in total. The third kappa shape index (κ3) is 10.3. The van der Waals surface area contributed by atoms with Crippen LogP contribution < -0.4 is 0 Å². The number of hydrogen-bond donors (Lipinski definition) is 0. The highest BCUT2D eigenvalue weighted by Gasteiger charge is 2.20. The van der Waals surface area contributed by atoms with Crippen LogP contribution in [0.2, 0.25) is 0 Å². The van der Waals surface area contributed by atoms with E-state index in [9.17, 15) is 17.6 Å². The smallest absolute Gasteiger partial charge is 0.308 e. The normalized spacial score (nSPS) is 13.4. The largest absolute Gasteiger partial charge is 0.455 e. The van der Waals surface area contributed by atoms with Crippen LogP contribution in [-0.4, -0.2) is 25.4 Å². The molecule has 0 heterocycles. The van der Waals surface area contributed by atoms with Crippen molar-refractivity contribution in [3.05, 3.63) is 23.7 Å². The Morgan fingerprint density at radius 3 is 1.35 bits per heavy atom. The molecule has 0 aliphatic rings. The van der Waals surface area contributed by atoms with Crippen LogP contribution in [0, 0.1) is 0 Å². The molecule has 0 radical (unpaired) electrons. The quantitative estimate of drug-likeness (QED) is 0.340. The van der Waals surface area contributed by atoms with E-state index in [4.69, 9.17) is 14.2 Å². The number of rotatable bonds is 12. The van der Waals surface area contributed by atoms with E-state index in [1.54, 1.807) is 13.8 Å². The van der Waals surface area contributed by atoms with Crippen molar-refractivity contribution in [1.82, 2.24) is 0 Å². The Hall–Kier alpha value is -1.08. The molecule has 0 saturated heterocycles. The second-order valence-corrected chi connectivity index (χ2v) is 5.24. The van der Waals surface area contributed by atoms with Gasteiger partial charge in [0.05, 0.1) is 12.2 Å². The van der Waals surface area contributed by atoms with Gasteiger partial charge in [0, 0.05) is 26.1 Å². The van der Waals surface area contributed by atoms with E-state index in [1.165, 1.54) is 0 Å². The Morgan fingerprint density at radius 2 is 1.09 bits per heavy atom. The predicted octanol–water partition coefficient (Wildman–Crippen LogP) is 5.63. The summed E-state index contributed by atoms with van der Waals surface area (Å²) < 4.78 is 67.1. The third-order valence-electron chi connectivity index (χ3n) is 2.83. The molecule has 0 bridgehead atoms. The number of ether oxygens (including phenoxy) is 3. The summed E-state index contributed by atoms with van der Waals surface area (Å²) in [5.41, 5.74) is 0. The van der Waals surface area contributed by atoms with Gasteiger partial charge in [-0.1, -0.05) is 13.8 Å². The summed E-state index contributed by atoms with van der Waals surface area (Å²) in [6, 6.07) is 0. The van der Waals surface area contributed by atoms with Crippen LogP contribution in [0.4, 0.5) is 17.6 Å². The number of hydrogen-bond acceptors (Lipinski definition) is 3. The van der Waals surface area contributed by atoms with Crippen LogP contribution in [-0.2, 0) is 14.2 Å². The summed E-state index contributed by atoms with van der Waals surface area (Å²) in [6.07, 6.45) is -4.44. The van der Waals surface area contributed by atoms with Gasteiger partial charge in [-0.15, -0.1) is 0 Å². The first-order chi connectivity index (χ1) is 10.8. The minimum absolute atomic E-state index is 0.274. The van der Waals surface area contributed by atoms with Gasteiger partial charge in [-0.25, -0.2) is 0 Å². The van der Waals surface area contributed by atoms with Gasteiger partial charge in [-0.05, 0) is 26.7 Å². The molecular weight excluding hydrogens is 316 g/mol. The predicted molar refractivity (Wildman–Crippen MR) is 80.2 cm³/mol. The molecule has 2 atom stereocenters. The zero-order chi connectivity index (χ0) is 17.8. The fourth-order valence-electron chi connectivity index (χ4n) is 1.74. The van der Waals surface area contributed by atoms with Gasteiger partial charge in [0.15, 0.2) is 11.5 Å².